The van der Waals surface area contributed by atoms with Gasteiger partial charge in [0.15, 0.2) is 0 Å². The second-order valence-corrected chi connectivity index (χ2v) is 5.12. The average Bonchev–Trinajstić information content (AvgIpc) is 2.26. The maximum atomic E-state index is 13.2. The third kappa shape index (κ3) is 6.38. The Morgan fingerprint density at radius 3 is 2.37 bits per heavy atom. The topological polar surface area (TPSA) is 53.4 Å². The van der Waals surface area contributed by atoms with Crippen molar-refractivity contribution in [3.63, 3.8) is 0 Å². The van der Waals surface area contributed by atoms with E-state index in [1.807, 2.05) is 0 Å². The summed E-state index contributed by atoms with van der Waals surface area (Å²) < 4.78 is 18.4. The van der Waals surface area contributed by atoms with Crippen LogP contribution in [0.2, 0.25) is 0 Å². The van der Waals surface area contributed by atoms with Crippen molar-refractivity contribution in [3.8, 4) is 0 Å². The summed E-state index contributed by atoms with van der Waals surface area (Å²) in [5, 5.41) is 7.68. The summed E-state index contributed by atoms with van der Waals surface area (Å²) in [6, 6.07) is 0. The number of amidine groups is 1. The number of carbonyl (C=O) groups excluding carboxylic acids is 1. The molecule has 0 aliphatic carbocycles. The molecule has 0 aliphatic heterocycles. The molecule has 0 atom stereocenters. The van der Waals surface area contributed by atoms with E-state index in [2.05, 4.69) is 0 Å². The van der Waals surface area contributed by atoms with Crippen LogP contribution < -0.4 is 0 Å². The van der Waals surface area contributed by atoms with Gasteiger partial charge < -0.3 is 4.74 Å². The second kappa shape index (κ2) is 7.28. The second-order valence-electron chi connectivity index (χ2n) is 4.86. The zero-order chi connectivity index (χ0) is 15.2. The fourth-order valence-corrected chi connectivity index (χ4v) is 1.30. The molecule has 0 bridgehead atoms. The molecule has 19 heavy (non-hydrogen) atoms. The van der Waals surface area contributed by atoms with Crippen LogP contribution in [-0.2, 0) is 4.74 Å². The fourth-order valence-electron chi connectivity index (χ4n) is 1.18. The molecular formula is C13H20ClFN2O2. The van der Waals surface area contributed by atoms with Crippen LogP contribution >= 0.6 is 11.6 Å². The molecule has 0 aromatic rings. The van der Waals surface area contributed by atoms with Crippen LogP contribution in [0.25, 0.3) is 0 Å². The number of rotatable bonds is 3. The normalized spacial score (nSPS) is 13.2. The maximum Gasteiger partial charge on any atom is 0.420 e. The molecule has 108 valence electrons. The zero-order valence-corrected chi connectivity index (χ0v) is 12.6. The Morgan fingerprint density at radius 2 is 2.00 bits per heavy atom. The van der Waals surface area contributed by atoms with E-state index in [-0.39, 0.29) is 17.4 Å². The predicted molar refractivity (Wildman–Crippen MR) is 75.1 cm³/mol. The Labute approximate surface area is 118 Å². The van der Waals surface area contributed by atoms with E-state index in [9.17, 15) is 9.18 Å². The van der Waals surface area contributed by atoms with Crippen LogP contribution in [0.3, 0.4) is 0 Å². The molecule has 0 aromatic carbocycles. The van der Waals surface area contributed by atoms with E-state index in [4.69, 9.17) is 21.7 Å². The minimum absolute atomic E-state index is 0.173. The highest BCUT2D eigenvalue weighted by Crippen LogP contribution is 2.16. The van der Waals surface area contributed by atoms with E-state index in [1.165, 1.54) is 19.9 Å². The molecule has 0 fully saturated rings. The summed E-state index contributed by atoms with van der Waals surface area (Å²) in [5.74, 6) is -0.857. The highest BCUT2D eigenvalue weighted by atomic mass is 35.5. The first kappa shape index (κ1) is 17.6. The van der Waals surface area contributed by atoms with Crippen molar-refractivity contribution in [1.29, 1.82) is 5.41 Å². The van der Waals surface area contributed by atoms with Gasteiger partial charge in [0.25, 0.3) is 0 Å². The van der Waals surface area contributed by atoms with Gasteiger partial charge in [0, 0.05) is 5.70 Å². The van der Waals surface area contributed by atoms with Crippen molar-refractivity contribution in [2.24, 2.45) is 0 Å². The standard InChI is InChI=1S/C13H20ClFN2O2/c1-6-10(15)7-9(2)17(11(16)8-14)12(18)19-13(3,4)5/h6-7,16H,8H2,1-5H3/b9-7?,10-6+,16-11?. The Balaban J connectivity index is 5.30. The number of hydrogen-bond donors (Lipinski definition) is 1. The van der Waals surface area contributed by atoms with Gasteiger partial charge in [0.05, 0.1) is 5.88 Å². The molecule has 0 heterocycles. The number of nitrogens with one attached hydrogen (secondary N) is 1. The third-order valence-corrected chi connectivity index (χ3v) is 2.20. The Bertz CT molecular complexity index is 411. The minimum Gasteiger partial charge on any atom is -0.443 e. The molecule has 0 radical (unpaired) electrons. The average molecular weight is 291 g/mol. The maximum absolute atomic E-state index is 13.2. The number of alkyl halides is 1. The molecule has 0 rings (SSSR count). The molecule has 0 saturated carbocycles. The number of hydrogen-bond acceptors (Lipinski definition) is 3. The number of allylic oxidation sites excluding steroid dienone is 4. The number of nitrogens with zero attached hydrogens (tertiary/aromatic N) is 1. The highest BCUT2D eigenvalue weighted by molar-refractivity contribution is 6.29. The molecule has 1 N–H and O–H groups in total. The van der Waals surface area contributed by atoms with E-state index in [0.717, 1.165) is 11.0 Å². The lowest BCUT2D eigenvalue weighted by Gasteiger charge is -2.27. The molecule has 4 nitrogen and oxygen atoms in total. The van der Waals surface area contributed by atoms with Crippen LogP contribution in [0.4, 0.5) is 9.18 Å². The van der Waals surface area contributed by atoms with Gasteiger partial charge in [-0.3, -0.25) is 5.41 Å². The van der Waals surface area contributed by atoms with Crippen LogP contribution in [0.15, 0.2) is 23.7 Å². The van der Waals surface area contributed by atoms with Gasteiger partial charge in [0.2, 0.25) is 0 Å². The van der Waals surface area contributed by atoms with E-state index < -0.39 is 17.5 Å². The smallest absolute Gasteiger partial charge is 0.420 e. The Morgan fingerprint density at radius 1 is 1.47 bits per heavy atom. The fraction of sp³-hybridized carbons (Fsp3) is 0.538. The molecule has 0 unspecified atom stereocenters. The lowest BCUT2D eigenvalue weighted by atomic mass is 10.2. The molecule has 0 saturated heterocycles. The molecule has 0 aromatic heterocycles. The first-order valence-corrected chi connectivity index (χ1v) is 6.32. The van der Waals surface area contributed by atoms with Gasteiger partial charge in [-0.1, -0.05) is 6.08 Å². The number of ether oxygens (including phenoxy) is 1. The van der Waals surface area contributed by atoms with Gasteiger partial charge in [-0.2, -0.15) is 0 Å². The van der Waals surface area contributed by atoms with Gasteiger partial charge in [-0.15, -0.1) is 11.6 Å². The Kier molecular flexibility index (Phi) is 6.76. The lowest BCUT2D eigenvalue weighted by molar-refractivity contribution is 0.0410. The van der Waals surface area contributed by atoms with Crippen molar-refractivity contribution >= 4 is 23.5 Å². The quantitative estimate of drug-likeness (QED) is 0.366. The number of carbonyl (C=O) groups is 1. The molecule has 1 amide bonds. The van der Waals surface area contributed by atoms with Gasteiger partial charge in [-0.25, -0.2) is 14.1 Å². The Hall–Kier alpha value is -1.36. The van der Waals surface area contributed by atoms with E-state index >= 15 is 0 Å². The molecule has 0 spiro atoms. The number of amides is 1. The summed E-state index contributed by atoms with van der Waals surface area (Å²) in [4.78, 5) is 12.9. The highest BCUT2D eigenvalue weighted by Gasteiger charge is 2.26. The van der Waals surface area contributed by atoms with Gasteiger partial charge in [-0.05, 0) is 40.7 Å². The van der Waals surface area contributed by atoms with E-state index in [0.29, 0.717) is 0 Å². The zero-order valence-electron chi connectivity index (χ0n) is 11.9. The van der Waals surface area contributed by atoms with Gasteiger partial charge >= 0.3 is 6.09 Å². The van der Waals surface area contributed by atoms with Crippen molar-refractivity contribution in [2.75, 3.05) is 5.88 Å². The lowest BCUT2D eigenvalue weighted by Crippen LogP contribution is -2.40. The van der Waals surface area contributed by atoms with E-state index in [1.54, 1.807) is 20.8 Å². The molecular weight excluding hydrogens is 271 g/mol. The van der Waals surface area contributed by atoms with Crippen molar-refractivity contribution in [2.45, 2.75) is 40.2 Å². The van der Waals surface area contributed by atoms with Gasteiger partial charge in [0.1, 0.15) is 17.3 Å². The molecule has 0 aliphatic rings. The largest absolute Gasteiger partial charge is 0.443 e. The SMILES string of the molecule is C/C=C(/F)C=C(C)N(C(=N)CCl)C(=O)OC(C)(C)C. The summed E-state index contributed by atoms with van der Waals surface area (Å²) >= 11 is 5.57. The minimum atomic E-state index is -0.754. The van der Waals surface area contributed by atoms with Crippen LogP contribution in [0.1, 0.15) is 34.6 Å². The molecule has 6 heteroatoms. The summed E-state index contributed by atoms with van der Waals surface area (Å²) in [7, 11) is 0. The van der Waals surface area contributed by atoms with Crippen molar-refractivity contribution in [1.82, 2.24) is 4.90 Å². The summed E-state index contributed by atoms with van der Waals surface area (Å²) in [6.45, 7) is 8.16. The van der Waals surface area contributed by atoms with Crippen LogP contribution in [-0.4, -0.2) is 28.3 Å². The number of halogens is 2. The summed E-state index contributed by atoms with van der Waals surface area (Å²) in [6.07, 6.45) is 1.64. The monoisotopic (exact) mass is 290 g/mol. The predicted octanol–water partition coefficient (Wildman–Crippen LogP) is 4.22. The third-order valence-electron chi connectivity index (χ3n) is 1.95. The van der Waals surface area contributed by atoms with Crippen LogP contribution in [0, 0.1) is 5.41 Å². The first-order chi connectivity index (χ1) is 8.62. The first-order valence-electron chi connectivity index (χ1n) is 5.79. The van der Waals surface area contributed by atoms with Crippen molar-refractivity contribution in [3.05, 3.63) is 23.7 Å². The summed E-state index contributed by atoms with van der Waals surface area (Å²) in [5.41, 5.74) is -0.475. The van der Waals surface area contributed by atoms with Crippen LogP contribution in [0.5, 0.6) is 0 Å². The van der Waals surface area contributed by atoms with Crippen molar-refractivity contribution < 1.29 is 13.9 Å².